The van der Waals surface area contributed by atoms with Crippen LogP contribution in [0.4, 0.5) is 18.0 Å². The third kappa shape index (κ3) is 5.99. The average molecular weight is 381 g/mol. The Kier molecular flexibility index (Phi) is 6.85. The van der Waals surface area contributed by atoms with E-state index in [1.807, 2.05) is 6.92 Å². The van der Waals surface area contributed by atoms with Crippen LogP contribution in [0, 0.1) is 0 Å². The summed E-state index contributed by atoms with van der Waals surface area (Å²) in [6.07, 6.45) is -4.83. The van der Waals surface area contributed by atoms with Gasteiger partial charge in [0, 0.05) is 0 Å². The molecule has 0 aliphatic heterocycles. The van der Waals surface area contributed by atoms with Crippen LogP contribution in [0.1, 0.15) is 30.9 Å². The SMILES string of the molecule is CCCC(O)C(Cc1ccc(-c2ccc(C(F)(F)F)cc2)cc1)NC(=O)O. The number of carbonyl (C=O) groups is 1. The van der Waals surface area contributed by atoms with E-state index < -0.39 is 30.0 Å². The second-order valence-corrected chi connectivity index (χ2v) is 6.39. The second kappa shape index (κ2) is 8.90. The summed E-state index contributed by atoms with van der Waals surface area (Å²) in [5, 5.41) is 21.4. The fourth-order valence-corrected chi connectivity index (χ4v) is 2.88. The predicted octanol–water partition coefficient (Wildman–Crippen LogP) is 4.71. The van der Waals surface area contributed by atoms with Crippen LogP contribution >= 0.6 is 0 Å². The monoisotopic (exact) mass is 381 g/mol. The van der Waals surface area contributed by atoms with Crippen LogP contribution in [-0.2, 0) is 12.6 Å². The molecule has 0 saturated carbocycles. The zero-order chi connectivity index (χ0) is 20.0. The number of aliphatic hydroxyl groups excluding tert-OH is 1. The number of hydrogen-bond acceptors (Lipinski definition) is 2. The van der Waals surface area contributed by atoms with Crippen LogP contribution in [0.5, 0.6) is 0 Å². The normalized spacial score (nSPS) is 13.8. The maximum absolute atomic E-state index is 12.6. The number of nitrogens with one attached hydrogen (secondary N) is 1. The Morgan fingerprint density at radius 2 is 1.56 bits per heavy atom. The molecule has 0 heterocycles. The van der Waals surface area contributed by atoms with E-state index >= 15 is 0 Å². The Morgan fingerprint density at radius 1 is 1.04 bits per heavy atom. The summed E-state index contributed by atoms with van der Waals surface area (Å²) in [5.41, 5.74) is 1.53. The molecule has 2 aromatic carbocycles. The van der Waals surface area contributed by atoms with E-state index in [9.17, 15) is 23.1 Å². The van der Waals surface area contributed by atoms with Crippen molar-refractivity contribution >= 4 is 6.09 Å². The van der Waals surface area contributed by atoms with E-state index in [1.54, 1.807) is 24.3 Å². The molecule has 4 nitrogen and oxygen atoms in total. The van der Waals surface area contributed by atoms with Gasteiger partial charge in [-0.3, -0.25) is 0 Å². The molecule has 0 bridgehead atoms. The average Bonchev–Trinajstić information content (AvgIpc) is 2.61. The Labute approximate surface area is 155 Å². The Bertz CT molecular complexity index is 743. The molecule has 7 heteroatoms. The van der Waals surface area contributed by atoms with E-state index in [4.69, 9.17) is 5.11 Å². The molecule has 0 aliphatic carbocycles. The molecule has 0 saturated heterocycles. The molecule has 2 rings (SSSR count). The molecule has 2 unspecified atom stereocenters. The summed E-state index contributed by atoms with van der Waals surface area (Å²) < 4.78 is 37.9. The van der Waals surface area contributed by atoms with Gasteiger partial charge in [-0.05, 0) is 41.7 Å². The molecule has 0 aliphatic rings. The van der Waals surface area contributed by atoms with Crippen molar-refractivity contribution in [2.24, 2.45) is 0 Å². The summed E-state index contributed by atoms with van der Waals surface area (Å²) in [4.78, 5) is 10.9. The minimum Gasteiger partial charge on any atom is -0.465 e. The van der Waals surface area contributed by atoms with Crippen molar-refractivity contribution in [1.82, 2.24) is 5.32 Å². The molecule has 0 radical (unpaired) electrons. The molecule has 2 aromatic rings. The van der Waals surface area contributed by atoms with Crippen LogP contribution in [0.15, 0.2) is 48.5 Å². The van der Waals surface area contributed by atoms with Crippen LogP contribution in [0.2, 0.25) is 0 Å². The topological polar surface area (TPSA) is 69.6 Å². The van der Waals surface area contributed by atoms with Crippen LogP contribution < -0.4 is 5.32 Å². The highest BCUT2D eigenvalue weighted by atomic mass is 19.4. The van der Waals surface area contributed by atoms with Crippen LogP contribution in [0.3, 0.4) is 0 Å². The minimum absolute atomic E-state index is 0.320. The molecule has 3 N–H and O–H groups in total. The highest BCUT2D eigenvalue weighted by molar-refractivity contribution is 5.65. The summed E-state index contributed by atoms with van der Waals surface area (Å²) in [7, 11) is 0. The molecule has 146 valence electrons. The fourth-order valence-electron chi connectivity index (χ4n) is 2.88. The number of halogens is 3. The second-order valence-electron chi connectivity index (χ2n) is 6.39. The van der Waals surface area contributed by atoms with Gasteiger partial charge in [0.15, 0.2) is 0 Å². The lowest BCUT2D eigenvalue weighted by atomic mass is 9.96. The van der Waals surface area contributed by atoms with Gasteiger partial charge in [-0.1, -0.05) is 49.7 Å². The molecule has 0 fully saturated rings. The Hall–Kier alpha value is -2.54. The van der Waals surface area contributed by atoms with Crippen molar-refractivity contribution in [2.75, 3.05) is 0 Å². The first kappa shape index (κ1) is 20.8. The highest BCUT2D eigenvalue weighted by Crippen LogP contribution is 2.31. The first-order valence-corrected chi connectivity index (χ1v) is 8.64. The fraction of sp³-hybridized carbons (Fsp3) is 0.350. The number of benzene rings is 2. The lowest BCUT2D eigenvalue weighted by molar-refractivity contribution is -0.137. The lowest BCUT2D eigenvalue weighted by Crippen LogP contribution is -2.44. The lowest BCUT2D eigenvalue weighted by Gasteiger charge is -2.22. The third-order valence-electron chi connectivity index (χ3n) is 4.31. The van der Waals surface area contributed by atoms with Gasteiger partial charge < -0.3 is 15.5 Å². The van der Waals surface area contributed by atoms with Crippen molar-refractivity contribution in [3.8, 4) is 11.1 Å². The van der Waals surface area contributed by atoms with Gasteiger partial charge in [-0.15, -0.1) is 0 Å². The molecule has 0 spiro atoms. The zero-order valence-electron chi connectivity index (χ0n) is 14.8. The summed E-state index contributed by atoms with van der Waals surface area (Å²) in [6.45, 7) is 1.90. The zero-order valence-corrected chi connectivity index (χ0v) is 14.8. The predicted molar refractivity (Wildman–Crippen MR) is 96.4 cm³/mol. The number of amides is 1. The number of hydrogen-bond donors (Lipinski definition) is 3. The van der Waals surface area contributed by atoms with Gasteiger partial charge in [-0.25, -0.2) is 4.79 Å². The Morgan fingerprint density at radius 3 is 2.00 bits per heavy atom. The van der Waals surface area contributed by atoms with Gasteiger partial charge in [-0.2, -0.15) is 13.2 Å². The van der Waals surface area contributed by atoms with E-state index in [2.05, 4.69) is 5.32 Å². The number of rotatable bonds is 7. The van der Waals surface area contributed by atoms with E-state index in [0.717, 1.165) is 29.7 Å². The smallest absolute Gasteiger partial charge is 0.416 e. The maximum Gasteiger partial charge on any atom is 0.416 e. The number of aliphatic hydroxyl groups is 1. The van der Waals surface area contributed by atoms with Crippen molar-refractivity contribution in [3.05, 3.63) is 59.7 Å². The molecular weight excluding hydrogens is 359 g/mol. The van der Waals surface area contributed by atoms with Crippen molar-refractivity contribution in [2.45, 2.75) is 44.5 Å². The van der Waals surface area contributed by atoms with Crippen molar-refractivity contribution < 1.29 is 28.2 Å². The van der Waals surface area contributed by atoms with E-state index in [0.29, 0.717) is 18.4 Å². The molecular formula is C20H22F3NO3. The standard InChI is InChI=1S/C20H22F3NO3/c1-2-3-18(25)17(24-19(26)27)12-13-4-6-14(7-5-13)15-8-10-16(11-9-15)20(21,22)23/h4-11,17-18,24-25H,2-3,12H2,1H3,(H,26,27). The first-order valence-electron chi connectivity index (χ1n) is 8.64. The molecule has 1 amide bonds. The summed E-state index contributed by atoms with van der Waals surface area (Å²) >= 11 is 0. The van der Waals surface area contributed by atoms with Crippen LogP contribution in [-0.4, -0.2) is 28.5 Å². The summed E-state index contributed by atoms with van der Waals surface area (Å²) in [5.74, 6) is 0. The van der Waals surface area contributed by atoms with E-state index in [-0.39, 0.29) is 0 Å². The number of alkyl halides is 3. The van der Waals surface area contributed by atoms with Gasteiger partial charge >= 0.3 is 12.3 Å². The largest absolute Gasteiger partial charge is 0.465 e. The van der Waals surface area contributed by atoms with Crippen LogP contribution in [0.25, 0.3) is 11.1 Å². The maximum atomic E-state index is 12.6. The molecule has 0 aromatic heterocycles. The van der Waals surface area contributed by atoms with Gasteiger partial charge in [0.1, 0.15) is 0 Å². The first-order chi connectivity index (χ1) is 12.7. The molecule has 2 atom stereocenters. The summed E-state index contributed by atoms with van der Waals surface area (Å²) in [6, 6.07) is 11.4. The third-order valence-corrected chi connectivity index (χ3v) is 4.31. The van der Waals surface area contributed by atoms with Crippen molar-refractivity contribution in [3.63, 3.8) is 0 Å². The molecule has 27 heavy (non-hydrogen) atoms. The van der Waals surface area contributed by atoms with E-state index in [1.165, 1.54) is 12.1 Å². The minimum atomic E-state index is -4.37. The van der Waals surface area contributed by atoms with Crippen molar-refractivity contribution in [1.29, 1.82) is 0 Å². The quantitative estimate of drug-likeness (QED) is 0.650. The Balaban J connectivity index is 2.12. The van der Waals surface area contributed by atoms with Gasteiger partial charge in [0.25, 0.3) is 0 Å². The highest BCUT2D eigenvalue weighted by Gasteiger charge is 2.30. The number of carboxylic acid groups (broad SMARTS) is 1. The van der Waals surface area contributed by atoms with Gasteiger partial charge in [0.2, 0.25) is 0 Å². The van der Waals surface area contributed by atoms with Gasteiger partial charge in [0.05, 0.1) is 17.7 Å².